The van der Waals surface area contributed by atoms with Crippen LogP contribution in [0.2, 0.25) is 0 Å². The van der Waals surface area contributed by atoms with Crippen LogP contribution >= 0.6 is 0 Å². The highest BCUT2D eigenvalue weighted by molar-refractivity contribution is 6.08. The Bertz CT molecular complexity index is 748. The predicted octanol–water partition coefficient (Wildman–Crippen LogP) is 2.75. The smallest absolute Gasteiger partial charge is 0.326 e. The summed E-state index contributed by atoms with van der Waals surface area (Å²) in [5.41, 5.74) is -0.957. The van der Waals surface area contributed by atoms with Gasteiger partial charge in [0.2, 0.25) is 0 Å². The van der Waals surface area contributed by atoms with Gasteiger partial charge in [-0.05, 0) is 42.7 Å². The van der Waals surface area contributed by atoms with Crippen molar-refractivity contribution in [1.29, 1.82) is 0 Å². The normalized spacial score (nSPS) is 26.2. The second-order valence-electron chi connectivity index (χ2n) is 8.64. The van der Waals surface area contributed by atoms with Gasteiger partial charge in [-0.2, -0.15) is 0 Å². The SMILES string of the molecule is C[C@H]1CC(C)(C)C[C@]2(C1)NC(=O)N(CC(=O)OCCOc1ccccc1)C2=O. The molecule has 7 nitrogen and oxygen atoms in total. The van der Waals surface area contributed by atoms with Crippen LogP contribution in [0.4, 0.5) is 4.79 Å². The molecule has 2 fully saturated rings. The van der Waals surface area contributed by atoms with E-state index in [4.69, 9.17) is 9.47 Å². The molecule has 2 atom stereocenters. The Morgan fingerprint density at radius 1 is 1.18 bits per heavy atom. The first-order valence-corrected chi connectivity index (χ1v) is 9.68. The van der Waals surface area contributed by atoms with Crippen molar-refractivity contribution in [3.63, 3.8) is 0 Å². The van der Waals surface area contributed by atoms with Crippen molar-refractivity contribution < 1.29 is 23.9 Å². The zero-order valence-corrected chi connectivity index (χ0v) is 16.7. The van der Waals surface area contributed by atoms with Crippen LogP contribution in [0, 0.1) is 11.3 Å². The average Bonchev–Trinajstić information content (AvgIpc) is 2.81. The number of hydrogen-bond donors (Lipinski definition) is 1. The van der Waals surface area contributed by atoms with E-state index in [1.54, 1.807) is 12.1 Å². The number of ether oxygens (including phenoxy) is 2. The fraction of sp³-hybridized carbons (Fsp3) is 0.571. The maximum atomic E-state index is 13.0. The second kappa shape index (κ2) is 7.81. The summed E-state index contributed by atoms with van der Waals surface area (Å²) in [4.78, 5) is 38.5. The number of rotatable bonds is 6. The molecule has 0 unspecified atom stereocenters. The molecular weight excluding hydrogens is 360 g/mol. The van der Waals surface area contributed by atoms with E-state index >= 15 is 0 Å². The highest BCUT2D eigenvalue weighted by Gasteiger charge is 2.56. The largest absolute Gasteiger partial charge is 0.490 e. The first kappa shape index (κ1) is 20.2. The zero-order valence-electron chi connectivity index (χ0n) is 16.7. The quantitative estimate of drug-likeness (QED) is 0.460. The van der Waals surface area contributed by atoms with Crippen LogP contribution in [-0.2, 0) is 14.3 Å². The number of carbonyl (C=O) groups is 3. The van der Waals surface area contributed by atoms with Crippen LogP contribution in [0.1, 0.15) is 40.0 Å². The number of carbonyl (C=O) groups excluding carboxylic acids is 3. The van der Waals surface area contributed by atoms with E-state index < -0.39 is 17.5 Å². The van der Waals surface area contributed by atoms with Crippen LogP contribution in [0.3, 0.4) is 0 Å². The van der Waals surface area contributed by atoms with Crippen molar-refractivity contribution in [3.8, 4) is 5.75 Å². The molecule has 0 bridgehead atoms. The Balaban J connectivity index is 1.52. The van der Waals surface area contributed by atoms with Gasteiger partial charge in [-0.25, -0.2) is 4.79 Å². The molecule has 28 heavy (non-hydrogen) atoms. The van der Waals surface area contributed by atoms with Crippen LogP contribution < -0.4 is 10.1 Å². The minimum Gasteiger partial charge on any atom is -0.490 e. The summed E-state index contributed by atoms with van der Waals surface area (Å²) in [7, 11) is 0. The predicted molar refractivity (Wildman–Crippen MR) is 103 cm³/mol. The molecule has 2 aliphatic rings. The summed E-state index contributed by atoms with van der Waals surface area (Å²) in [5, 5.41) is 2.85. The third-order valence-electron chi connectivity index (χ3n) is 5.27. The number of para-hydroxylation sites is 1. The second-order valence-corrected chi connectivity index (χ2v) is 8.64. The number of nitrogens with zero attached hydrogens (tertiary/aromatic N) is 1. The van der Waals surface area contributed by atoms with Crippen molar-refractivity contribution in [3.05, 3.63) is 30.3 Å². The van der Waals surface area contributed by atoms with Gasteiger partial charge < -0.3 is 14.8 Å². The Labute approximate surface area is 165 Å². The first-order chi connectivity index (χ1) is 13.2. The maximum Gasteiger partial charge on any atom is 0.326 e. The molecule has 1 aliphatic carbocycles. The molecule has 1 aromatic carbocycles. The number of esters is 1. The highest BCUT2D eigenvalue weighted by Crippen LogP contribution is 2.46. The molecule has 3 amide bonds. The van der Waals surface area contributed by atoms with Crippen molar-refractivity contribution in [2.75, 3.05) is 19.8 Å². The third-order valence-corrected chi connectivity index (χ3v) is 5.27. The van der Waals surface area contributed by atoms with E-state index in [2.05, 4.69) is 26.1 Å². The summed E-state index contributed by atoms with van der Waals surface area (Å²) in [6.07, 6.45) is 2.17. The lowest BCUT2D eigenvalue weighted by Crippen LogP contribution is -2.54. The lowest BCUT2D eigenvalue weighted by Gasteiger charge is -2.43. The van der Waals surface area contributed by atoms with Crippen molar-refractivity contribution in [1.82, 2.24) is 10.2 Å². The molecule has 1 saturated carbocycles. The van der Waals surface area contributed by atoms with Crippen molar-refractivity contribution in [2.24, 2.45) is 11.3 Å². The van der Waals surface area contributed by atoms with Crippen LogP contribution in [0.5, 0.6) is 5.75 Å². The highest BCUT2D eigenvalue weighted by atomic mass is 16.6. The molecule has 1 spiro atoms. The minimum atomic E-state index is -0.908. The van der Waals surface area contributed by atoms with Gasteiger partial charge >= 0.3 is 12.0 Å². The van der Waals surface area contributed by atoms with E-state index in [9.17, 15) is 14.4 Å². The molecule has 1 saturated heterocycles. The van der Waals surface area contributed by atoms with E-state index in [-0.39, 0.29) is 31.1 Å². The number of hydrogen-bond acceptors (Lipinski definition) is 5. The number of benzene rings is 1. The minimum absolute atomic E-state index is 0.0482. The van der Waals surface area contributed by atoms with Gasteiger partial charge in [-0.1, -0.05) is 39.0 Å². The van der Waals surface area contributed by atoms with Crippen LogP contribution in [0.25, 0.3) is 0 Å². The summed E-state index contributed by atoms with van der Waals surface area (Å²) in [5.74, 6) is 0.0496. The van der Waals surface area contributed by atoms with Gasteiger partial charge in [-0.3, -0.25) is 14.5 Å². The summed E-state index contributed by atoms with van der Waals surface area (Å²) in [6, 6.07) is 8.67. The van der Waals surface area contributed by atoms with Crippen LogP contribution in [0.15, 0.2) is 30.3 Å². The number of urea groups is 1. The topological polar surface area (TPSA) is 84.9 Å². The molecule has 1 aliphatic heterocycles. The van der Waals surface area contributed by atoms with E-state index in [0.717, 1.165) is 11.3 Å². The summed E-state index contributed by atoms with van der Waals surface area (Å²) in [6.45, 7) is 6.16. The average molecular weight is 388 g/mol. The summed E-state index contributed by atoms with van der Waals surface area (Å²) < 4.78 is 10.6. The molecule has 1 aromatic rings. The Hall–Kier alpha value is -2.57. The number of nitrogens with one attached hydrogen (secondary N) is 1. The molecule has 1 heterocycles. The molecule has 152 valence electrons. The Morgan fingerprint density at radius 2 is 1.89 bits per heavy atom. The van der Waals surface area contributed by atoms with Crippen molar-refractivity contribution >= 4 is 17.9 Å². The maximum absolute atomic E-state index is 13.0. The van der Waals surface area contributed by atoms with Gasteiger partial charge in [0, 0.05) is 0 Å². The molecule has 0 aromatic heterocycles. The fourth-order valence-corrected chi connectivity index (χ4v) is 4.66. The molecule has 3 rings (SSSR count). The monoisotopic (exact) mass is 388 g/mol. The van der Waals surface area contributed by atoms with Gasteiger partial charge in [0.25, 0.3) is 5.91 Å². The molecule has 0 radical (unpaired) electrons. The number of imide groups is 1. The Kier molecular flexibility index (Phi) is 5.63. The van der Waals surface area contributed by atoms with E-state index in [0.29, 0.717) is 24.5 Å². The van der Waals surface area contributed by atoms with E-state index in [1.807, 2.05) is 18.2 Å². The molecular formula is C21H28N2O5. The van der Waals surface area contributed by atoms with Gasteiger partial charge in [-0.15, -0.1) is 0 Å². The molecule has 7 heteroatoms. The zero-order chi connectivity index (χ0) is 20.4. The van der Waals surface area contributed by atoms with Gasteiger partial charge in [0.1, 0.15) is 31.0 Å². The Morgan fingerprint density at radius 3 is 2.57 bits per heavy atom. The van der Waals surface area contributed by atoms with Crippen LogP contribution in [-0.4, -0.2) is 48.1 Å². The fourth-order valence-electron chi connectivity index (χ4n) is 4.66. The lowest BCUT2D eigenvalue weighted by atomic mass is 9.64. The lowest BCUT2D eigenvalue weighted by molar-refractivity contribution is -0.149. The number of amides is 3. The third kappa shape index (κ3) is 4.46. The standard InChI is InChI=1S/C21H28N2O5/c1-15-11-20(2,3)14-21(12-15)18(25)23(19(26)22-21)13-17(24)28-10-9-27-16-7-5-4-6-8-16/h4-8,15H,9-14H2,1-3H3,(H,22,26)/t15-,21-/m0/s1. The van der Waals surface area contributed by atoms with E-state index in [1.165, 1.54) is 0 Å². The van der Waals surface area contributed by atoms with Gasteiger partial charge in [0.15, 0.2) is 0 Å². The first-order valence-electron chi connectivity index (χ1n) is 9.68. The molecule has 1 N–H and O–H groups in total. The summed E-state index contributed by atoms with van der Waals surface area (Å²) >= 11 is 0. The van der Waals surface area contributed by atoms with Crippen molar-refractivity contribution in [2.45, 2.75) is 45.6 Å². The van der Waals surface area contributed by atoms with Gasteiger partial charge in [0.05, 0.1) is 0 Å².